The number of hydrogen-bond acceptors (Lipinski definition) is 4. The fraction of sp³-hybridized carbons (Fsp3) is 0.143. The maximum atomic E-state index is 13.4. The highest BCUT2D eigenvalue weighted by atomic mass is 79.9. The molecule has 9 heteroatoms. The molecule has 190 valence electrons. The van der Waals surface area contributed by atoms with Crippen molar-refractivity contribution in [2.45, 2.75) is 25.3 Å². The first-order valence-corrected chi connectivity index (χ1v) is 13.8. The Morgan fingerprint density at radius 1 is 0.973 bits per heavy atom. The summed E-state index contributed by atoms with van der Waals surface area (Å²) < 4.78 is 30.8. The molecule has 0 aliphatic carbocycles. The van der Waals surface area contributed by atoms with E-state index in [9.17, 15) is 13.2 Å². The van der Waals surface area contributed by atoms with Crippen molar-refractivity contribution < 1.29 is 13.2 Å². The Balaban J connectivity index is 1.51. The molecule has 0 saturated carbocycles. The first kappa shape index (κ1) is 26.5. The van der Waals surface area contributed by atoms with Crippen molar-refractivity contribution in [3.8, 4) is 5.69 Å². The Morgan fingerprint density at radius 3 is 2.24 bits per heavy atom. The van der Waals surface area contributed by atoms with Crippen LogP contribution in [0.15, 0.2) is 105 Å². The van der Waals surface area contributed by atoms with Gasteiger partial charge in [-0.05, 0) is 61.9 Å². The van der Waals surface area contributed by atoms with E-state index in [1.54, 1.807) is 18.3 Å². The van der Waals surface area contributed by atoms with Gasteiger partial charge in [-0.3, -0.25) is 4.79 Å². The van der Waals surface area contributed by atoms with Gasteiger partial charge in [-0.15, -0.1) is 0 Å². The fourth-order valence-electron chi connectivity index (χ4n) is 4.03. The van der Waals surface area contributed by atoms with Crippen LogP contribution in [0.3, 0.4) is 0 Å². The minimum absolute atomic E-state index is 0.0502. The van der Waals surface area contributed by atoms with E-state index in [2.05, 4.69) is 31.0 Å². The Kier molecular flexibility index (Phi) is 8.38. The number of carbonyl (C=O) groups excluding carboxylic acids is 1. The molecule has 0 aliphatic heterocycles. The van der Waals surface area contributed by atoms with Gasteiger partial charge in [0.15, 0.2) is 0 Å². The van der Waals surface area contributed by atoms with Gasteiger partial charge in [0.25, 0.3) is 5.91 Å². The van der Waals surface area contributed by atoms with E-state index < -0.39 is 15.9 Å². The molecule has 1 aromatic heterocycles. The number of aromatic nitrogens is 1. The number of carbonyl (C=O) groups is 1. The summed E-state index contributed by atoms with van der Waals surface area (Å²) in [4.78, 5) is 12.9. The highest BCUT2D eigenvalue weighted by molar-refractivity contribution is 9.10. The van der Waals surface area contributed by atoms with Crippen LogP contribution >= 0.6 is 15.9 Å². The number of rotatable bonds is 9. The summed E-state index contributed by atoms with van der Waals surface area (Å²) in [5.41, 5.74) is 7.16. The maximum Gasteiger partial charge on any atom is 0.255 e. The lowest BCUT2D eigenvalue weighted by Crippen LogP contribution is -2.39. The number of para-hydroxylation sites is 1. The molecular weight excluding hydrogens is 552 g/mol. The smallest absolute Gasteiger partial charge is 0.255 e. The molecule has 0 bridgehead atoms. The molecule has 0 aliphatic rings. The third-order valence-electron chi connectivity index (χ3n) is 5.85. The zero-order valence-electron chi connectivity index (χ0n) is 20.5. The average molecular weight is 580 g/mol. The predicted molar refractivity (Wildman–Crippen MR) is 149 cm³/mol. The monoisotopic (exact) mass is 578 g/mol. The standard InChI is InChI=1S/C28H27BrN4O3S/c1-21-17-24(22(2)33(21)26-11-7-4-8-12-26)18-30-31-28(34)20-32(19-23-9-5-3-6-10-23)37(35,36)27-15-13-25(29)14-16-27/h3-18H,19-20H2,1-2H3,(H,31,34)/b30-18+. The van der Waals surface area contributed by atoms with E-state index in [1.807, 2.05) is 80.6 Å². The van der Waals surface area contributed by atoms with Crippen molar-refractivity contribution in [3.63, 3.8) is 0 Å². The largest absolute Gasteiger partial charge is 0.318 e. The molecule has 0 unspecified atom stereocenters. The zero-order valence-corrected chi connectivity index (χ0v) is 22.9. The lowest BCUT2D eigenvalue weighted by Gasteiger charge is -2.21. The normalized spacial score (nSPS) is 11.8. The minimum Gasteiger partial charge on any atom is -0.318 e. The van der Waals surface area contributed by atoms with Crippen LogP contribution in [0.5, 0.6) is 0 Å². The number of amides is 1. The minimum atomic E-state index is -3.93. The number of hydrazone groups is 1. The van der Waals surface area contributed by atoms with Gasteiger partial charge in [-0.2, -0.15) is 9.41 Å². The van der Waals surface area contributed by atoms with Gasteiger partial charge in [-0.1, -0.05) is 64.5 Å². The van der Waals surface area contributed by atoms with E-state index in [-0.39, 0.29) is 18.0 Å². The number of benzene rings is 3. The van der Waals surface area contributed by atoms with Gasteiger partial charge in [0.05, 0.1) is 17.7 Å². The summed E-state index contributed by atoms with van der Waals surface area (Å²) in [7, 11) is -3.93. The molecule has 4 rings (SSSR count). The number of aryl methyl sites for hydroxylation is 1. The lowest BCUT2D eigenvalue weighted by atomic mass is 10.2. The van der Waals surface area contributed by atoms with E-state index in [1.165, 1.54) is 12.1 Å². The summed E-state index contributed by atoms with van der Waals surface area (Å²) >= 11 is 3.33. The molecule has 1 amide bonds. The molecule has 7 nitrogen and oxygen atoms in total. The van der Waals surface area contributed by atoms with Crippen LogP contribution < -0.4 is 5.43 Å². The van der Waals surface area contributed by atoms with Crippen molar-refractivity contribution in [1.82, 2.24) is 14.3 Å². The van der Waals surface area contributed by atoms with Crippen molar-refractivity contribution >= 4 is 38.1 Å². The molecule has 0 radical (unpaired) electrons. The summed E-state index contributed by atoms with van der Waals surface area (Å²) in [5, 5.41) is 4.11. The molecule has 0 spiro atoms. The van der Waals surface area contributed by atoms with Gasteiger partial charge < -0.3 is 4.57 Å². The van der Waals surface area contributed by atoms with Crippen LogP contribution in [-0.2, 0) is 21.4 Å². The first-order valence-electron chi connectivity index (χ1n) is 11.6. The first-order chi connectivity index (χ1) is 17.8. The molecule has 0 fully saturated rings. The predicted octanol–water partition coefficient (Wildman–Crippen LogP) is 5.20. The number of sulfonamides is 1. The van der Waals surface area contributed by atoms with Gasteiger partial charge in [-0.25, -0.2) is 13.8 Å². The lowest BCUT2D eigenvalue weighted by molar-refractivity contribution is -0.121. The van der Waals surface area contributed by atoms with Crippen molar-refractivity contribution in [3.05, 3.63) is 118 Å². The van der Waals surface area contributed by atoms with Crippen LogP contribution in [0.1, 0.15) is 22.5 Å². The number of nitrogens with zero attached hydrogens (tertiary/aromatic N) is 3. The Bertz CT molecular complexity index is 1500. The van der Waals surface area contributed by atoms with E-state index in [4.69, 9.17) is 0 Å². The molecule has 4 aromatic rings. The molecule has 37 heavy (non-hydrogen) atoms. The maximum absolute atomic E-state index is 13.4. The van der Waals surface area contributed by atoms with Crippen LogP contribution in [0, 0.1) is 13.8 Å². The van der Waals surface area contributed by atoms with Gasteiger partial charge in [0, 0.05) is 33.7 Å². The topological polar surface area (TPSA) is 83.8 Å². The molecule has 1 heterocycles. The van der Waals surface area contributed by atoms with E-state index in [0.717, 1.165) is 37.0 Å². The highest BCUT2D eigenvalue weighted by Gasteiger charge is 2.27. The summed E-state index contributed by atoms with van der Waals surface area (Å²) in [6, 6.07) is 27.4. The summed E-state index contributed by atoms with van der Waals surface area (Å²) in [6.07, 6.45) is 1.57. The summed E-state index contributed by atoms with van der Waals surface area (Å²) in [5.74, 6) is -0.537. The second-order valence-corrected chi connectivity index (χ2v) is 11.4. The van der Waals surface area contributed by atoms with Crippen molar-refractivity contribution in [1.29, 1.82) is 0 Å². The van der Waals surface area contributed by atoms with Crippen molar-refractivity contribution in [2.75, 3.05) is 6.54 Å². The van der Waals surface area contributed by atoms with Crippen LogP contribution in [0.4, 0.5) is 0 Å². The fourth-order valence-corrected chi connectivity index (χ4v) is 5.68. The quantitative estimate of drug-likeness (QED) is 0.219. The Morgan fingerprint density at radius 2 is 1.59 bits per heavy atom. The Hall–Kier alpha value is -3.53. The molecule has 1 N–H and O–H groups in total. The van der Waals surface area contributed by atoms with E-state index in [0.29, 0.717) is 0 Å². The average Bonchev–Trinajstić information content (AvgIpc) is 3.17. The van der Waals surface area contributed by atoms with Gasteiger partial charge in [0.1, 0.15) is 0 Å². The second-order valence-electron chi connectivity index (χ2n) is 8.50. The molecule has 3 aromatic carbocycles. The number of nitrogens with one attached hydrogen (secondary N) is 1. The molecule has 0 atom stereocenters. The third-order valence-corrected chi connectivity index (χ3v) is 8.19. The summed E-state index contributed by atoms with van der Waals surface area (Å²) in [6.45, 7) is 3.65. The highest BCUT2D eigenvalue weighted by Crippen LogP contribution is 2.21. The van der Waals surface area contributed by atoms with Crippen molar-refractivity contribution in [2.24, 2.45) is 5.10 Å². The number of halogens is 1. The number of hydrogen-bond donors (Lipinski definition) is 1. The Labute approximate surface area is 225 Å². The van der Waals surface area contributed by atoms with E-state index >= 15 is 0 Å². The molecule has 0 saturated heterocycles. The zero-order chi connectivity index (χ0) is 26.4. The van der Waals surface area contributed by atoms with Crippen LogP contribution in [-0.4, -0.2) is 36.0 Å². The second kappa shape index (κ2) is 11.7. The van der Waals surface area contributed by atoms with Crippen LogP contribution in [0.2, 0.25) is 0 Å². The molecular formula is C28H27BrN4O3S. The SMILES string of the molecule is Cc1cc(/C=N/NC(=O)CN(Cc2ccccc2)S(=O)(=O)c2ccc(Br)cc2)c(C)n1-c1ccccc1. The van der Waals surface area contributed by atoms with Gasteiger partial charge >= 0.3 is 0 Å². The van der Waals surface area contributed by atoms with Gasteiger partial charge in [0.2, 0.25) is 10.0 Å². The third kappa shape index (κ3) is 6.43. The van der Waals surface area contributed by atoms with Crippen LogP contribution in [0.25, 0.3) is 5.69 Å².